The normalized spacial score (nSPS) is 32.4. The zero-order valence-corrected chi connectivity index (χ0v) is 11.4. The highest BCUT2D eigenvalue weighted by Crippen LogP contribution is 2.23. The Balaban J connectivity index is 1.59. The fourth-order valence-electron chi connectivity index (χ4n) is 2.94. The minimum absolute atomic E-state index is 0.131. The lowest BCUT2D eigenvalue weighted by Gasteiger charge is -2.29. The lowest BCUT2D eigenvalue weighted by atomic mass is 9.86. The first kappa shape index (κ1) is 13.8. The molecule has 2 aliphatic rings. The van der Waals surface area contributed by atoms with Crippen molar-refractivity contribution < 1.29 is 9.53 Å². The Bertz CT molecular complexity index is 265. The molecule has 1 aliphatic heterocycles. The highest BCUT2D eigenvalue weighted by molar-refractivity contribution is 5.78. The van der Waals surface area contributed by atoms with Gasteiger partial charge in [0.05, 0.1) is 12.6 Å². The molecule has 1 saturated carbocycles. The Labute approximate surface area is 110 Å². The van der Waals surface area contributed by atoms with Crippen molar-refractivity contribution in [2.45, 2.75) is 57.6 Å². The quantitative estimate of drug-likeness (QED) is 0.781. The minimum Gasteiger partial charge on any atom is -0.377 e. The van der Waals surface area contributed by atoms with Crippen molar-refractivity contribution in [2.75, 3.05) is 19.7 Å². The van der Waals surface area contributed by atoms with Crippen LogP contribution in [0.2, 0.25) is 0 Å². The lowest BCUT2D eigenvalue weighted by Crippen LogP contribution is -2.45. The van der Waals surface area contributed by atoms with Gasteiger partial charge in [-0.2, -0.15) is 0 Å². The second-order valence-electron chi connectivity index (χ2n) is 5.70. The molecule has 2 fully saturated rings. The number of carbonyl (C=O) groups is 1. The molecular formula is C14H26N2O2. The topological polar surface area (TPSA) is 50.4 Å². The first-order chi connectivity index (χ1) is 8.75. The number of hydrogen-bond acceptors (Lipinski definition) is 3. The third-order valence-electron chi connectivity index (χ3n) is 4.14. The summed E-state index contributed by atoms with van der Waals surface area (Å²) in [5.41, 5.74) is 0. The summed E-state index contributed by atoms with van der Waals surface area (Å²) in [6.07, 6.45) is 7.52. The van der Waals surface area contributed by atoms with E-state index in [1.807, 2.05) is 0 Å². The molecule has 3 atom stereocenters. The molecule has 3 unspecified atom stereocenters. The van der Waals surface area contributed by atoms with E-state index in [1.165, 1.54) is 19.3 Å². The predicted octanol–water partition coefficient (Wildman–Crippen LogP) is 1.45. The molecular weight excluding hydrogens is 228 g/mol. The van der Waals surface area contributed by atoms with Crippen LogP contribution in [-0.2, 0) is 9.53 Å². The van der Waals surface area contributed by atoms with Gasteiger partial charge in [-0.25, -0.2) is 0 Å². The zero-order valence-electron chi connectivity index (χ0n) is 11.4. The van der Waals surface area contributed by atoms with Crippen LogP contribution in [-0.4, -0.2) is 37.7 Å². The maximum absolute atomic E-state index is 11.8. The Morgan fingerprint density at radius 2 is 2.06 bits per heavy atom. The van der Waals surface area contributed by atoms with Gasteiger partial charge in [-0.05, 0) is 31.6 Å². The van der Waals surface area contributed by atoms with Gasteiger partial charge in [0, 0.05) is 19.2 Å². The summed E-state index contributed by atoms with van der Waals surface area (Å²) in [4.78, 5) is 11.8. The molecule has 1 saturated heterocycles. The van der Waals surface area contributed by atoms with Crippen molar-refractivity contribution in [3.05, 3.63) is 0 Å². The Hall–Kier alpha value is -0.610. The molecule has 0 spiro atoms. The molecule has 1 amide bonds. The number of carbonyl (C=O) groups excluding carboxylic acids is 1. The van der Waals surface area contributed by atoms with Crippen LogP contribution in [0.3, 0.4) is 0 Å². The van der Waals surface area contributed by atoms with Crippen molar-refractivity contribution >= 4 is 5.91 Å². The standard InChI is InChI=1S/C14H26N2O2/c1-11-5-2-3-7-13(11)16-14(17)10-15-9-12-6-4-8-18-12/h11-13,15H,2-10H2,1H3,(H,16,17). The second-order valence-corrected chi connectivity index (χ2v) is 5.70. The number of ether oxygens (including phenoxy) is 1. The van der Waals surface area contributed by atoms with E-state index in [1.54, 1.807) is 0 Å². The molecule has 104 valence electrons. The van der Waals surface area contributed by atoms with Crippen molar-refractivity contribution in [2.24, 2.45) is 5.92 Å². The largest absolute Gasteiger partial charge is 0.377 e. The SMILES string of the molecule is CC1CCCCC1NC(=O)CNCC1CCCO1. The Kier molecular flexibility index (Phi) is 5.45. The number of nitrogens with one attached hydrogen (secondary N) is 2. The monoisotopic (exact) mass is 254 g/mol. The smallest absolute Gasteiger partial charge is 0.234 e. The molecule has 18 heavy (non-hydrogen) atoms. The van der Waals surface area contributed by atoms with Crippen LogP contribution >= 0.6 is 0 Å². The molecule has 2 rings (SSSR count). The summed E-state index contributed by atoms with van der Waals surface area (Å²) in [7, 11) is 0. The van der Waals surface area contributed by atoms with E-state index in [4.69, 9.17) is 4.74 Å². The summed E-state index contributed by atoms with van der Waals surface area (Å²) >= 11 is 0. The summed E-state index contributed by atoms with van der Waals surface area (Å²) in [5, 5.41) is 6.35. The molecule has 4 heteroatoms. The first-order valence-corrected chi connectivity index (χ1v) is 7.37. The molecule has 1 aliphatic carbocycles. The molecule has 4 nitrogen and oxygen atoms in total. The molecule has 0 aromatic rings. The van der Waals surface area contributed by atoms with Crippen molar-refractivity contribution in [1.82, 2.24) is 10.6 Å². The van der Waals surface area contributed by atoms with E-state index in [-0.39, 0.29) is 5.91 Å². The van der Waals surface area contributed by atoms with Gasteiger partial charge in [-0.1, -0.05) is 19.8 Å². The molecule has 2 N–H and O–H groups in total. The van der Waals surface area contributed by atoms with Gasteiger partial charge in [0.15, 0.2) is 0 Å². The van der Waals surface area contributed by atoms with Crippen molar-refractivity contribution in [3.8, 4) is 0 Å². The average Bonchev–Trinajstić information content (AvgIpc) is 2.85. The van der Waals surface area contributed by atoms with Gasteiger partial charge in [-0.15, -0.1) is 0 Å². The number of amides is 1. The van der Waals surface area contributed by atoms with E-state index in [9.17, 15) is 4.79 Å². The average molecular weight is 254 g/mol. The highest BCUT2D eigenvalue weighted by atomic mass is 16.5. The van der Waals surface area contributed by atoms with Gasteiger partial charge in [0.25, 0.3) is 0 Å². The van der Waals surface area contributed by atoms with Crippen LogP contribution in [0.4, 0.5) is 0 Å². The van der Waals surface area contributed by atoms with Gasteiger partial charge >= 0.3 is 0 Å². The third-order valence-corrected chi connectivity index (χ3v) is 4.14. The predicted molar refractivity (Wildman–Crippen MR) is 71.4 cm³/mol. The van der Waals surface area contributed by atoms with E-state index in [2.05, 4.69) is 17.6 Å². The van der Waals surface area contributed by atoms with Crippen molar-refractivity contribution in [3.63, 3.8) is 0 Å². The number of hydrogen-bond donors (Lipinski definition) is 2. The highest BCUT2D eigenvalue weighted by Gasteiger charge is 2.22. The van der Waals surface area contributed by atoms with E-state index >= 15 is 0 Å². The van der Waals surface area contributed by atoms with E-state index in [0.717, 1.165) is 32.4 Å². The Morgan fingerprint density at radius 1 is 1.22 bits per heavy atom. The van der Waals surface area contributed by atoms with E-state index in [0.29, 0.717) is 24.6 Å². The van der Waals surface area contributed by atoms with Crippen LogP contribution in [0, 0.1) is 5.92 Å². The third kappa shape index (κ3) is 4.25. The summed E-state index contributed by atoms with van der Waals surface area (Å²) in [6.45, 7) is 4.33. The van der Waals surface area contributed by atoms with Gasteiger partial charge in [-0.3, -0.25) is 4.79 Å². The van der Waals surface area contributed by atoms with E-state index < -0.39 is 0 Å². The van der Waals surface area contributed by atoms with Crippen LogP contribution in [0.5, 0.6) is 0 Å². The maximum Gasteiger partial charge on any atom is 0.234 e. The maximum atomic E-state index is 11.8. The van der Waals surface area contributed by atoms with Crippen LogP contribution in [0.15, 0.2) is 0 Å². The summed E-state index contributed by atoms with van der Waals surface area (Å²) < 4.78 is 5.51. The van der Waals surface area contributed by atoms with Gasteiger partial charge < -0.3 is 15.4 Å². The molecule has 0 bridgehead atoms. The molecule has 0 aromatic heterocycles. The second kappa shape index (κ2) is 7.10. The fraction of sp³-hybridized carbons (Fsp3) is 0.929. The van der Waals surface area contributed by atoms with Gasteiger partial charge in [0.1, 0.15) is 0 Å². The molecule has 0 aromatic carbocycles. The minimum atomic E-state index is 0.131. The van der Waals surface area contributed by atoms with Crippen LogP contribution in [0.1, 0.15) is 45.4 Å². The first-order valence-electron chi connectivity index (χ1n) is 7.37. The Morgan fingerprint density at radius 3 is 2.78 bits per heavy atom. The molecule has 1 heterocycles. The zero-order chi connectivity index (χ0) is 12.8. The number of rotatable bonds is 5. The van der Waals surface area contributed by atoms with Gasteiger partial charge in [0.2, 0.25) is 5.91 Å². The van der Waals surface area contributed by atoms with Crippen LogP contribution < -0.4 is 10.6 Å². The lowest BCUT2D eigenvalue weighted by molar-refractivity contribution is -0.121. The summed E-state index contributed by atoms with van der Waals surface area (Å²) in [6, 6.07) is 0.385. The fourth-order valence-corrected chi connectivity index (χ4v) is 2.94. The summed E-state index contributed by atoms with van der Waals surface area (Å²) in [5.74, 6) is 0.757. The van der Waals surface area contributed by atoms with Crippen molar-refractivity contribution in [1.29, 1.82) is 0 Å². The van der Waals surface area contributed by atoms with Crippen LogP contribution in [0.25, 0.3) is 0 Å². The molecule has 0 radical (unpaired) electrons.